The Labute approximate surface area is 293 Å². The molecule has 2 saturated heterocycles. The van der Waals surface area contributed by atoms with E-state index >= 15 is 0 Å². The molecule has 4 bridgehead atoms. The summed E-state index contributed by atoms with van der Waals surface area (Å²) in [5.74, 6) is 1.54. The first-order chi connectivity index (χ1) is 24.1. The monoisotopic (exact) mass is 666 g/mol. The lowest BCUT2D eigenvalue weighted by Crippen LogP contribution is -2.45. The van der Waals surface area contributed by atoms with Crippen molar-refractivity contribution in [3.05, 3.63) is 70.8 Å². The first-order valence-corrected chi connectivity index (χ1v) is 19.9. The molecule has 2 aromatic rings. The van der Waals surface area contributed by atoms with E-state index in [2.05, 4.69) is 79.6 Å². The molecule has 0 radical (unpaired) electrons. The van der Waals surface area contributed by atoms with Gasteiger partial charge in [-0.1, -0.05) is 48.5 Å². The molecule has 8 rings (SSSR count). The molecule has 4 amide bonds. The van der Waals surface area contributed by atoms with Gasteiger partial charge in [0, 0.05) is 49.3 Å². The van der Waals surface area contributed by atoms with Crippen LogP contribution in [0.5, 0.6) is 0 Å². The Balaban J connectivity index is 0.641. The number of urea groups is 2. The largest absolute Gasteiger partial charge is 0.338 e. The van der Waals surface area contributed by atoms with Crippen molar-refractivity contribution in [3.8, 4) is 0 Å². The molecule has 6 aliphatic rings. The van der Waals surface area contributed by atoms with Gasteiger partial charge >= 0.3 is 12.1 Å². The van der Waals surface area contributed by atoms with Gasteiger partial charge in [-0.3, -0.25) is 9.80 Å². The molecule has 0 spiro atoms. The van der Waals surface area contributed by atoms with Crippen LogP contribution in [-0.4, -0.2) is 60.1 Å². The number of nitrogens with zero attached hydrogens (tertiary/aromatic N) is 2. The van der Waals surface area contributed by atoms with Gasteiger partial charge in [0.25, 0.3) is 0 Å². The Kier molecular flexibility index (Phi) is 10.1. The summed E-state index contributed by atoms with van der Waals surface area (Å²) in [6, 6.07) is 21.1. The number of nitrogens with one attached hydrogen (secondary N) is 4. The van der Waals surface area contributed by atoms with Crippen LogP contribution in [0.1, 0.15) is 143 Å². The predicted molar refractivity (Wildman–Crippen MR) is 194 cm³/mol. The van der Waals surface area contributed by atoms with Gasteiger partial charge in [-0.15, -0.1) is 0 Å². The highest BCUT2D eigenvalue weighted by atomic mass is 16.2. The molecule has 264 valence electrons. The standard InChI is InChI=1S/C41H58N6O2/c48-40(44-30-14-10-28(11-15-30)22-26-46-36-18-19-37(46)33-7-2-1-6-32(33)36)42-24-5-25-43-41(49)45-31-16-12-29(13-17-31)23-27-47-38-20-21-39(47)35-9-4-3-8-34(35)38/h1-4,6-9,28-31,36-39H,5,10-27H2,(H2,42,44,48)(H2,43,45,49). The van der Waals surface area contributed by atoms with Crippen LogP contribution in [0.25, 0.3) is 0 Å². The van der Waals surface area contributed by atoms with Crippen LogP contribution >= 0.6 is 0 Å². The lowest BCUT2D eigenvalue weighted by molar-refractivity contribution is 0.185. The van der Waals surface area contributed by atoms with Crippen LogP contribution in [0.4, 0.5) is 9.59 Å². The van der Waals surface area contributed by atoms with Crippen molar-refractivity contribution in [3.63, 3.8) is 0 Å². The average Bonchev–Trinajstić information content (AvgIpc) is 3.89. The van der Waals surface area contributed by atoms with Crippen molar-refractivity contribution in [2.45, 2.75) is 133 Å². The highest BCUT2D eigenvalue weighted by molar-refractivity contribution is 5.74. The first-order valence-electron chi connectivity index (χ1n) is 19.9. The molecule has 2 saturated carbocycles. The summed E-state index contributed by atoms with van der Waals surface area (Å²) >= 11 is 0. The molecule has 4 aliphatic heterocycles. The maximum absolute atomic E-state index is 12.5. The van der Waals surface area contributed by atoms with Crippen molar-refractivity contribution < 1.29 is 9.59 Å². The number of fused-ring (bicyclic) bond motifs is 10. The number of hydrogen-bond acceptors (Lipinski definition) is 4. The van der Waals surface area contributed by atoms with Crippen molar-refractivity contribution in [1.29, 1.82) is 0 Å². The fourth-order valence-corrected chi connectivity index (χ4v) is 10.7. The van der Waals surface area contributed by atoms with E-state index in [0.29, 0.717) is 37.3 Å². The van der Waals surface area contributed by atoms with E-state index in [1.807, 2.05) is 0 Å². The lowest BCUT2D eigenvalue weighted by atomic mass is 9.84. The van der Waals surface area contributed by atoms with Gasteiger partial charge in [0.2, 0.25) is 0 Å². The van der Waals surface area contributed by atoms with Crippen LogP contribution in [0, 0.1) is 11.8 Å². The molecule has 2 aliphatic carbocycles. The molecular weight excluding hydrogens is 608 g/mol. The normalized spacial score (nSPS) is 31.7. The van der Waals surface area contributed by atoms with E-state index in [-0.39, 0.29) is 24.1 Å². The molecule has 4 heterocycles. The molecule has 2 aromatic carbocycles. The van der Waals surface area contributed by atoms with Crippen LogP contribution in [0.15, 0.2) is 48.5 Å². The number of carbonyl (C=O) groups is 2. The van der Waals surface area contributed by atoms with E-state index in [1.165, 1.54) is 77.3 Å². The second-order valence-corrected chi connectivity index (χ2v) is 16.1. The Morgan fingerprint density at radius 3 is 1.20 bits per heavy atom. The second-order valence-electron chi connectivity index (χ2n) is 16.1. The summed E-state index contributed by atoms with van der Waals surface area (Å²) in [5.41, 5.74) is 6.30. The van der Waals surface area contributed by atoms with Gasteiger partial charge in [0.1, 0.15) is 0 Å². The van der Waals surface area contributed by atoms with Crippen molar-refractivity contribution >= 4 is 12.1 Å². The Morgan fingerprint density at radius 2 is 0.857 bits per heavy atom. The summed E-state index contributed by atoms with van der Waals surface area (Å²) in [4.78, 5) is 30.6. The fourth-order valence-electron chi connectivity index (χ4n) is 10.7. The summed E-state index contributed by atoms with van der Waals surface area (Å²) in [5, 5.41) is 12.4. The average molecular weight is 667 g/mol. The first kappa shape index (κ1) is 33.1. The third-order valence-corrected chi connectivity index (χ3v) is 13.3. The molecule has 8 nitrogen and oxygen atoms in total. The number of carbonyl (C=O) groups excluding carboxylic acids is 2. The Hall–Kier alpha value is -3.10. The molecule has 4 unspecified atom stereocenters. The van der Waals surface area contributed by atoms with Gasteiger partial charge < -0.3 is 21.3 Å². The highest BCUT2D eigenvalue weighted by Crippen LogP contribution is 2.54. The summed E-state index contributed by atoms with van der Waals surface area (Å²) in [6.45, 7) is 3.54. The van der Waals surface area contributed by atoms with E-state index in [9.17, 15) is 9.59 Å². The summed E-state index contributed by atoms with van der Waals surface area (Å²) in [7, 11) is 0. The maximum Gasteiger partial charge on any atom is 0.315 e. The summed E-state index contributed by atoms with van der Waals surface area (Å²) in [6.07, 6.45) is 17.6. The summed E-state index contributed by atoms with van der Waals surface area (Å²) < 4.78 is 0. The van der Waals surface area contributed by atoms with Crippen LogP contribution in [0.3, 0.4) is 0 Å². The molecular formula is C41H58N6O2. The van der Waals surface area contributed by atoms with Gasteiger partial charge in [-0.2, -0.15) is 0 Å². The van der Waals surface area contributed by atoms with Gasteiger partial charge in [0.05, 0.1) is 0 Å². The van der Waals surface area contributed by atoms with E-state index in [4.69, 9.17) is 0 Å². The Bertz CT molecular complexity index is 1280. The number of benzene rings is 2. The molecule has 8 heteroatoms. The zero-order valence-corrected chi connectivity index (χ0v) is 29.4. The third kappa shape index (κ3) is 7.23. The quantitative estimate of drug-likeness (QED) is 0.175. The number of rotatable bonds is 12. The molecule has 49 heavy (non-hydrogen) atoms. The predicted octanol–water partition coefficient (Wildman–Crippen LogP) is 7.66. The highest BCUT2D eigenvalue weighted by Gasteiger charge is 2.44. The third-order valence-electron chi connectivity index (χ3n) is 13.3. The molecule has 4 fully saturated rings. The van der Waals surface area contributed by atoms with Gasteiger partial charge in [0.15, 0.2) is 0 Å². The molecule has 4 N–H and O–H groups in total. The molecule has 4 atom stereocenters. The lowest BCUT2D eigenvalue weighted by Gasteiger charge is -2.31. The zero-order chi connectivity index (χ0) is 33.2. The maximum atomic E-state index is 12.5. The van der Waals surface area contributed by atoms with E-state index in [1.54, 1.807) is 22.3 Å². The van der Waals surface area contributed by atoms with Gasteiger partial charge in [-0.05, 0) is 143 Å². The molecule has 0 aromatic heterocycles. The van der Waals surface area contributed by atoms with Crippen LogP contribution < -0.4 is 21.3 Å². The minimum Gasteiger partial charge on any atom is -0.338 e. The zero-order valence-electron chi connectivity index (χ0n) is 29.4. The van der Waals surface area contributed by atoms with Gasteiger partial charge in [-0.25, -0.2) is 9.59 Å². The smallest absolute Gasteiger partial charge is 0.315 e. The topological polar surface area (TPSA) is 88.7 Å². The number of hydrogen-bond donors (Lipinski definition) is 4. The second kappa shape index (κ2) is 15.0. The van der Waals surface area contributed by atoms with E-state index < -0.39 is 0 Å². The fraction of sp³-hybridized carbons (Fsp3) is 0.659. The minimum atomic E-state index is -0.0713. The minimum absolute atomic E-state index is 0.0713. The number of amides is 4. The van der Waals surface area contributed by atoms with Crippen LogP contribution in [-0.2, 0) is 0 Å². The Morgan fingerprint density at radius 1 is 0.510 bits per heavy atom. The van der Waals surface area contributed by atoms with Crippen LogP contribution in [0.2, 0.25) is 0 Å². The van der Waals surface area contributed by atoms with E-state index in [0.717, 1.165) is 43.9 Å². The SMILES string of the molecule is O=C(NCCCNC(=O)NC1CCC(CCN2C3CCC2c2ccccc23)CC1)NC1CCC(CCN2C3CCC2c2ccccc23)CC1. The van der Waals surface area contributed by atoms with Crippen molar-refractivity contribution in [2.75, 3.05) is 26.2 Å². The van der Waals surface area contributed by atoms with Crippen molar-refractivity contribution in [1.82, 2.24) is 31.1 Å². The van der Waals surface area contributed by atoms with Crippen molar-refractivity contribution in [2.24, 2.45) is 11.8 Å².